The first-order valence-electron chi connectivity index (χ1n) is 6.42. The Labute approximate surface area is 122 Å². The van der Waals surface area contributed by atoms with Crippen LogP contribution >= 0.6 is 0 Å². The van der Waals surface area contributed by atoms with Crippen molar-refractivity contribution in [3.63, 3.8) is 0 Å². The Morgan fingerprint density at radius 3 is 2.90 bits per heavy atom. The number of ether oxygens (including phenoxy) is 2. The lowest BCUT2D eigenvalue weighted by Crippen LogP contribution is -2.25. The molecule has 1 aromatic heterocycles. The van der Waals surface area contributed by atoms with Crippen molar-refractivity contribution in [2.24, 2.45) is 5.73 Å². The average molecular weight is 285 g/mol. The monoisotopic (exact) mass is 285 g/mol. The highest BCUT2D eigenvalue weighted by Gasteiger charge is 2.36. The number of pyridine rings is 1. The number of nitrogens with two attached hydrogens (primary N) is 1. The molecule has 6 heteroatoms. The fourth-order valence-electron chi connectivity index (χ4n) is 2.29. The van der Waals surface area contributed by atoms with Crippen molar-refractivity contribution < 1.29 is 14.3 Å². The Hall–Kier alpha value is -2.81. The molecule has 6 nitrogen and oxygen atoms in total. The largest absolute Gasteiger partial charge is 0.466 e. The predicted octanol–water partition coefficient (Wildman–Crippen LogP) is 1.73. The number of allylic oxidation sites excluding steroid dienone is 2. The summed E-state index contributed by atoms with van der Waals surface area (Å²) >= 11 is 0. The summed E-state index contributed by atoms with van der Waals surface area (Å²) in [6, 6.07) is 5.53. The van der Waals surface area contributed by atoms with Gasteiger partial charge in [-0.3, -0.25) is 4.98 Å². The molecule has 1 atom stereocenters. The zero-order chi connectivity index (χ0) is 15.4. The maximum Gasteiger partial charge on any atom is 0.338 e. The van der Waals surface area contributed by atoms with Gasteiger partial charge in [-0.2, -0.15) is 5.26 Å². The fourth-order valence-corrected chi connectivity index (χ4v) is 2.29. The SMILES string of the molecule is CCC1=C(C(=O)OC)[C@@H](c2cccnc2)C(C#N)=C(N)O1. The molecule has 0 aromatic carbocycles. The van der Waals surface area contributed by atoms with Crippen molar-refractivity contribution in [2.75, 3.05) is 7.11 Å². The van der Waals surface area contributed by atoms with Crippen LogP contribution < -0.4 is 5.73 Å². The van der Waals surface area contributed by atoms with E-state index in [-0.39, 0.29) is 11.5 Å². The van der Waals surface area contributed by atoms with Gasteiger partial charge in [0.05, 0.1) is 18.6 Å². The number of nitrogens with zero attached hydrogens (tertiary/aromatic N) is 2. The number of carbonyl (C=O) groups excluding carboxylic acids is 1. The molecular weight excluding hydrogens is 270 g/mol. The van der Waals surface area contributed by atoms with Crippen molar-refractivity contribution in [1.29, 1.82) is 5.26 Å². The number of carbonyl (C=O) groups is 1. The van der Waals surface area contributed by atoms with Crippen LogP contribution in [0.5, 0.6) is 0 Å². The molecule has 0 unspecified atom stereocenters. The van der Waals surface area contributed by atoms with Crippen LogP contribution in [0.15, 0.2) is 47.3 Å². The minimum atomic E-state index is -0.625. The summed E-state index contributed by atoms with van der Waals surface area (Å²) in [7, 11) is 1.29. The second-order valence-electron chi connectivity index (χ2n) is 4.39. The first-order chi connectivity index (χ1) is 10.1. The molecule has 1 aliphatic rings. The summed E-state index contributed by atoms with van der Waals surface area (Å²) in [6.45, 7) is 1.84. The quantitative estimate of drug-likeness (QED) is 0.849. The lowest BCUT2D eigenvalue weighted by atomic mass is 9.83. The van der Waals surface area contributed by atoms with Gasteiger partial charge in [-0.25, -0.2) is 4.79 Å². The van der Waals surface area contributed by atoms with Gasteiger partial charge in [-0.05, 0) is 11.6 Å². The van der Waals surface area contributed by atoms with E-state index in [4.69, 9.17) is 15.2 Å². The van der Waals surface area contributed by atoms with Gasteiger partial charge in [0.25, 0.3) is 0 Å². The van der Waals surface area contributed by atoms with E-state index in [0.29, 0.717) is 23.3 Å². The van der Waals surface area contributed by atoms with Crippen LogP contribution in [0.4, 0.5) is 0 Å². The Kier molecular flexibility index (Phi) is 4.24. The summed E-state index contributed by atoms with van der Waals surface area (Å²) < 4.78 is 10.3. The van der Waals surface area contributed by atoms with Gasteiger partial charge in [-0.15, -0.1) is 0 Å². The summed E-state index contributed by atoms with van der Waals surface area (Å²) in [5, 5.41) is 9.36. The Morgan fingerprint density at radius 2 is 2.38 bits per heavy atom. The Morgan fingerprint density at radius 1 is 1.62 bits per heavy atom. The summed E-state index contributed by atoms with van der Waals surface area (Å²) in [4.78, 5) is 16.2. The lowest BCUT2D eigenvalue weighted by molar-refractivity contribution is -0.136. The third-order valence-electron chi connectivity index (χ3n) is 3.24. The zero-order valence-corrected chi connectivity index (χ0v) is 11.8. The zero-order valence-electron chi connectivity index (χ0n) is 11.8. The van der Waals surface area contributed by atoms with Crippen molar-refractivity contribution in [3.05, 3.63) is 52.9 Å². The van der Waals surface area contributed by atoms with Crippen LogP contribution in [-0.4, -0.2) is 18.1 Å². The van der Waals surface area contributed by atoms with Gasteiger partial charge in [0, 0.05) is 18.8 Å². The molecule has 0 bridgehead atoms. The number of nitriles is 1. The van der Waals surface area contributed by atoms with Crippen molar-refractivity contribution in [1.82, 2.24) is 4.98 Å². The first kappa shape index (κ1) is 14.6. The van der Waals surface area contributed by atoms with E-state index in [1.807, 2.05) is 13.0 Å². The van der Waals surface area contributed by atoms with Crippen molar-refractivity contribution in [2.45, 2.75) is 19.3 Å². The Balaban J connectivity index is 2.66. The maximum atomic E-state index is 12.1. The highest BCUT2D eigenvalue weighted by atomic mass is 16.5. The van der Waals surface area contributed by atoms with E-state index in [1.54, 1.807) is 24.5 Å². The lowest BCUT2D eigenvalue weighted by Gasteiger charge is -2.27. The molecule has 0 spiro atoms. The molecular formula is C15H15N3O3. The van der Waals surface area contributed by atoms with Crippen LogP contribution in [0.2, 0.25) is 0 Å². The molecule has 0 radical (unpaired) electrons. The van der Waals surface area contributed by atoms with Crippen molar-refractivity contribution in [3.8, 4) is 6.07 Å². The Bertz CT molecular complexity index is 656. The van der Waals surface area contributed by atoms with Gasteiger partial charge >= 0.3 is 5.97 Å². The van der Waals surface area contributed by atoms with E-state index in [1.165, 1.54) is 7.11 Å². The van der Waals surface area contributed by atoms with Crippen LogP contribution in [0.25, 0.3) is 0 Å². The smallest absolute Gasteiger partial charge is 0.338 e. The number of esters is 1. The van der Waals surface area contributed by atoms with Crippen LogP contribution in [0.3, 0.4) is 0 Å². The van der Waals surface area contributed by atoms with Gasteiger partial charge in [-0.1, -0.05) is 13.0 Å². The standard InChI is InChI=1S/C15H15N3O3/c1-3-11-13(15(19)20-2)12(9-5-4-6-18-8-9)10(7-16)14(17)21-11/h4-6,8,12H,3,17H2,1-2H3/t12-/m0/s1. The van der Waals surface area contributed by atoms with E-state index in [9.17, 15) is 10.1 Å². The highest BCUT2D eigenvalue weighted by Crippen LogP contribution is 2.39. The van der Waals surface area contributed by atoms with Crippen molar-refractivity contribution >= 4 is 5.97 Å². The molecule has 0 saturated carbocycles. The molecule has 0 fully saturated rings. The van der Waals surface area contributed by atoms with Gasteiger partial charge < -0.3 is 15.2 Å². The summed E-state index contributed by atoms with van der Waals surface area (Å²) in [6.07, 6.45) is 3.67. The predicted molar refractivity (Wildman–Crippen MR) is 74.2 cm³/mol. The third kappa shape index (κ3) is 2.58. The van der Waals surface area contributed by atoms with Crippen LogP contribution in [0.1, 0.15) is 24.8 Å². The molecule has 108 valence electrons. The van der Waals surface area contributed by atoms with Crippen LogP contribution in [0, 0.1) is 11.3 Å². The topological polar surface area (TPSA) is 98.2 Å². The average Bonchev–Trinajstić information content (AvgIpc) is 2.53. The minimum Gasteiger partial charge on any atom is -0.466 e. The normalized spacial score (nSPS) is 18.0. The second-order valence-corrected chi connectivity index (χ2v) is 4.39. The molecule has 21 heavy (non-hydrogen) atoms. The number of hydrogen-bond donors (Lipinski definition) is 1. The first-order valence-corrected chi connectivity index (χ1v) is 6.42. The second kappa shape index (κ2) is 6.09. The molecule has 2 rings (SSSR count). The third-order valence-corrected chi connectivity index (χ3v) is 3.24. The molecule has 2 heterocycles. The number of rotatable bonds is 3. The molecule has 0 amide bonds. The molecule has 2 N–H and O–H groups in total. The van der Waals surface area contributed by atoms with Crippen LogP contribution in [-0.2, 0) is 14.3 Å². The van der Waals surface area contributed by atoms with Gasteiger partial charge in [0.1, 0.15) is 17.4 Å². The number of aromatic nitrogens is 1. The number of hydrogen-bond acceptors (Lipinski definition) is 6. The highest BCUT2D eigenvalue weighted by molar-refractivity contribution is 5.92. The van der Waals surface area contributed by atoms with Gasteiger partial charge in [0.15, 0.2) is 0 Å². The molecule has 0 aliphatic carbocycles. The molecule has 1 aliphatic heterocycles. The van der Waals surface area contributed by atoms with E-state index >= 15 is 0 Å². The molecule has 1 aromatic rings. The fraction of sp³-hybridized carbons (Fsp3) is 0.267. The maximum absolute atomic E-state index is 12.1. The summed E-state index contributed by atoms with van der Waals surface area (Å²) in [5.41, 5.74) is 6.97. The number of methoxy groups -OCH3 is 1. The van der Waals surface area contributed by atoms with E-state index < -0.39 is 11.9 Å². The molecule has 0 saturated heterocycles. The van der Waals surface area contributed by atoms with Gasteiger partial charge in [0.2, 0.25) is 5.88 Å². The minimum absolute atomic E-state index is 0.0101. The van der Waals surface area contributed by atoms with E-state index in [2.05, 4.69) is 4.98 Å². The summed E-state index contributed by atoms with van der Waals surface area (Å²) in [5.74, 6) is -0.746. The van der Waals surface area contributed by atoms with E-state index in [0.717, 1.165) is 0 Å².